The summed E-state index contributed by atoms with van der Waals surface area (Å²) < 4.78 is 15.7. The Morgan fingerprint density at radius 3 is 2.55 bits per heavy atom. The van der Waals surface area contributed by atoms with Crippen LogP contribution in [0.4, 0.5) is 4.39 Å². The van der Waals surface area contributed by atoms with Crippen molar-refractivity contribution in [1.29, 1.82) is 0 Å². The van der Waals surface area contributed by atoms with Crippen LogP contribution in [0, 0.1) is 5.82 Å². The van der Waals surface area contributed by atoms with Crippen molar-refractivity contribution in [2.24, 2.45) is 0 Å². The molecule has 1 aromatic heterocycles. The molecule has 0 radical (unpaired) electrons. The van der Waals surface area contributed by atoms with Gasteiger partial charge >= 0.3 is 0 Å². The molecule has 2 heterocycles. The quantitative estimate of drug-likeness (QED) is 0.534. The molecule has 1 aliphatic rings. The molecule has 1 amide bonds. The zero-order valence-electron chi connectivity index (χ0n) is 10.4. The Kier molecular flexibility index (Phi) is 3.44. The van der Waals surface area contributed by atoms with Crippen molar-refractivity contribution in [3.05, 3.63) is 54.1 Å². The first-order chi connectivity index (χ1) is 9.74. The maximum atomic E-state index is 14.0. The van der Waals surface area contributed by atoms with Crippen molar-refractivity contribution in [2.75, 3.05) is 0 Å². The van der Waals surface area contributed by atoms with Gasteiger partial charge in [-0.05, 0) is 30.3 Å². The Labute approximate surface area is 114 Å². The van der Waals surface area contributed by atoms with Crippen molar-refractivity contribution in [1.82, 2.24) is 31.8 Å². The molecule has 20 heavy (non-hydrogen) atoms. The lowest BCUT2D eigenvalue weighted by molar-refractivity contribution is 0.0926. The molecule has 0 spiro atoms. The summed E-state index contributed by atoms with van der Waals surface area (Å²) in [6.45, 7) is 0. The molecule has 1 saturated heterocycles. The number of hydrogen-bond acceptors (Lipinski definition) is 5. The molecule has 0 bridgehead atoms. The molecule has 2 aromatic rings. The predicted molar refractivity (Wildman–Crippen MR) is 69.5 cm³/mol. The molecule has 104 valence electrons. The number of rotatable bonds is 3. The summed E-state index contributed by atoms with van der Waals surface area (Å²) in [4.78, 5) is 11.9. The topological polar surface area (TPSA) is 82.2 Å². The van der Waals surface area contributed by atoms with Gasteiger partial charge in [0.2, 0.25) is 0 Å². The van der Waals surface area contributed by atoms with Gasteiger partial charge in [0.15, 0.2) is 6.29 Å². The predicted octanol–water partition coefficient (Wildman–Crippen LogP) is -0.253. The van der Waals surface area contributed by atoms with Crippen LogP contribution in [0.3, 0.4) is 0 Å². The number of halogens is 1. The highest BCUT2D eigenvalue weighted by molar-refractivity contribution is 5.94. The summed E-state index contributed by atoms with van der Waals surface area (Å²) >= 11 is 0. The van der Waals surface area contributed by atoms with Gasteiger partial charge in [-0.3, -0.25) is 4.79 Å². The monoisotopic (exact) mass is 276 g/mol. The number of benzene rings is 1. The van der Waals surface area contributed by atoms with E-state index < -0.39 is 18.0 Å². The van der Waals surface area contributed by atoms with E-state index >= 15 is 0 Å². The Morgan fingerprint density at radius 1 is 1.20 bits per heavy atom. The van der Waals surface area contributed by atoms with Crippen molar-refractivity contribution in [2.45, 2.75) is 6.29 Å². The second-order valence-electron chi connectivity index (χ2n) is 4.20. The van der Waals surface area contributed by atoms with Crippen molar-refractivity contribution in [3.8, 4) is 5.69 Å². The number of amides is 1. The minimum absolute atomic E-state index is 0.244. The Morgan fingerprint density at radius 2 is 1.90 bits per heavy atom. The van der Waals surface area contributed by atoms with E-state index in [1.165, 1.54) is 6.07 Å². The van der Waals surface area contributed by atoms with E-state index in [1.54, 1.807) is 41.2 Å². The minimum Gasteiger partial charge on any atom is -0.322 e. The number of aromatic nitrogens is 1. The summed E-state index contributed by atoms with van der Waals surface area (Å²) in [6, 6.07) is 7.95. The van der Waals surface area contributed by atoms with Crippen LogP contribution >= 0.6 is 0 Å². The normalized spacial score (nSPS) is 15.4. The van der Waals surface area contributed by atoms with Crippen LogP contribution in [0.5, 0.6) is 0 Å². The third-order valence-electron chi connectivity index (χ3n) is 2.86. The molecule has 0 saturated carbocycles. The first-order valence-electron chi connectivity index (χ1n) is 5.99. The lowest BCUT2D eigenvalue weighted by Crippen LogP contribution is -2.49. The molecular weight excluding hydrogens is 263 g/mol. The smallest absolute Gasteiger partial charge is 0.253 e. The highest BCUT2D eigenvalue weighted by Gasteiger charge is 2.17. The van der Waals surface area contributed by atoms with Crippen molar-refractivity contribution >= 4 is 5.91 Å². The van der Waals surface area contributed by atoms with Gasteiger partial charge in [0.1, 0.15) is 5.82 Å². The zero-order valence-corrected chi connectivity index (χ0v) is 10.4. The average molecular weight is 276 g/mol. The van der Waals surface area contributed by atoms with E-state index in [4.69, 9.17) is 0 Å². The molecule has 5 N–H and O–H groups in total. The van der Waals surface area contributed by atoms with Crippen molar-refractivity contribution in [3.63, 3.8) is 0 Å². The van der Waals surface area contributed by atoms with E-state index in [0.717, 1.165) is 0 Å². The molecule has 3 rings (SSSR count). The van der Waals surface area contributed by atoms with Crippen LogP contribution in [0.2, 0.25) is 0 Å². The van der Waals surface area contributed by atoms with Crippen LogP contribution < -0.4 is 27.2 Å². The van der Waals surface area contributed by atoms with Crippen LogP contribution in [0.1, 0.15) is 10.4 Å². The fourth-order valence-electron chi connectivity index (χ4n) is 1.89. The summed E-state index contributed by atoms with van der Waals surface area (Å²) in [5.74, 6) is -0.851. The van der Waals surface area contributed by atoms with Crippen LogP contribution in [0.25, 0.3) is 5.69 Å². The minimum atomic E-state index is -0.477. The Bertz CT molecular complexity index is 608. The molecule has 8 heteroatoms. The van der Waals surface area contributed by atoms with E-state index in [-0.39, 0.29) is 5.56 Å². The maximum absolute atomic E-state index is 14.0. The fourth-order valence-corrected chi connectivity index (χ4v) is 1.89. The van der Waals surface area contributed by atoms with Gasteiger partial charge in [0.05, 0.1) is 5.69 Å². The third-order valence-corrected chi connectivity index (χ3v) is 2.86. The van der Waals surface area contributed by atoms with Gasteiger partial charge in [0.25, 0.3) is 5.91 Å². The highest BCUT2D eigenvalue weighted by atomic mass is 19.1. The summed E-state index contributed by atoms with van der Waals surface area (Å²) in [7, 11) is 0. The molecule has 1 aliphatic heterocycles. The SMILES string of the molecule is O=C(NC1NNNN1)c1ccc(-n2cccc2)c(F)c1. The molecule has 0 atom stereocenters. The van der Waals surface area contributed by atoms with Crippen LogP contribution in [-0.4, -0.2) is 16.8 Å². The summed E-state index contributed by atoms with van der Waals surface area (Å²) in [6.07, 6.45) is 3.00. The third kappa shape index (κ3) is 2.53. The number of hydrazine groups is 3. The van der Waals surface area contributed by atoms with Gasteiger partial charge in [0, 0.05) is 18.0 Å². The number of carbonyl (C=O) groups excluding carboxylic acids is 1. The molecule has 7 nitrogen and oxygen atoms in total. The second kappa shape index (κ2) is 5.39. The standard InChI is InChI=1S/C12H13FN6O/c13-9-7-8(11(20)14-12-15-17-18-16-12)3-4-10(9)19-5-1-2-6-19/h1-7,12,15-18H,(H,14,20). The van der Waals surface area contributed by atoms with Gasteiger partial charge in [-0.25, -0.2) is 15.2 Å². The summed E-state index contributed by atoms with van der Waals surface area (Å²) in [5, 5.41) is 2.62. The lowest BCUT2D eigenvalue weighted by Gasteiger charge is -2.12. The maximum Gasteiger partial charge on any atom is 0.253 e. The largest absolute Gasteiger partial charge is 0.322 e. The van der Waals surface area contributed by atoms with Gasteiger partial charge in [-0.2, -0.15) is 11.1 Å². The summed E-state index contributed by atoms with van der Waals surface area (Å²) in [5.41, 5.74) is 11.2. The van der Waals surface area contributed by atoms with Crippen molar-refractivity contribution < 1.29 is 9.18 Å². The van der Waals surface area contributed by atoms with Crippen LogP contribution in [0.15, 0.2) is 42.7 Å². The van der Waals surface area contributed by atoms with Gasteiger partial charge < -0.3 is 9.88 Å². The van der Waals surface area contributed by atoms with E-state index in [2.05, 4.69) is 27.2 Å². The van der Waals surface area contributed by atoms with E-state index in [9.17, 15) is 9.18 Å². The first-order valence-corrected chi connectivity index (χ1v) is 5.99. The highest BCUT2D eigenvalue weighted by Crippen LogP contribution is 2.15. The average Bonchev–Trinajstić information content (AvgIpc) is 3.11. The fraction of sp³-hybridized carbons (Fsp3) is 0.0833. The molecule has 0 unspecified atom stereocenters. The molecule has 1 fully saturated rings. The second-order valence-corrected chi connectivity index (χ2v) is 4.20. The number of nitrogens with one attached hydrogen (secondary N) is 5. The van der Waals surface area contributed by atoms with Gasteiger partial charge in [-0.1, -0.05) is 0 Å². The molecule has 1 aromatic carbocycles. The number of hydrogen-bond donors (Lipinski definition) is 5. The Balaban J connectivity index is 1.77. The number of carbonyl (C=O) groups is 1. The zero-order chi connectivity index (χ0) is 13.9. The number of nitrogens with zero attached hydrogens (tertiary/aromatic N) is 1. The van der Waals surface area contributed by atoms with Gasteiger partial charge in [-0.15, -0.1) is 0 Å². The Hall–Kier alpha value is -2.26. The molecular formula is C12H13FN6O. The molecule has 0 aliphatic carbocycles. The van der Waals surface area contributed by atoms with Crippen LogP contribution in [-0.2, 0) is 0 Å². The first kappa shape index (κ1) is 12.8. The lowest BCUT2D eigenvalue weighted by atomic mass is 10.2. The van der Waals surface area contributed by atoms with E-state index in [1.807, 2.05) is 0 Å². The van der Waals surface area contributed by atoms with E-state index in [0.29, 0.717) is 5.69 Å².